The molecule has 11 nitrogen and oxygen atoms in total. The smallest absolute Gasteiger partial charge is 0.377 e. The highest BCUT2D eigenvalue weighted by atomic mass is 35.5. The molecule has 1 aromatic carbocycles. The Morgan fingerprint density at radius 1 is 1.17 bits per heavy atom. The summed E-state index contributed by atoms with van der Waals surface area (Å²) >= 11 is 11.6. The molecule has 190 valence electrons. The SMILES string of the molecule is COCc1nnc(-c2ncc(Cl)cc2NNS(=O)(=O)c2ccc(Cl)c(C(F)(F)F)c2)n1-c1ccon1. The minimum atomic E-state index is -4.86. The van der Waals surface area contributed by atoms with Crippen LogP contribution in [-0.2, 0) is 27.5 Å². The lowest BCUT2D eigenvalue weighted by molar-refractivity contribution is -0.137. The molecule has 17 heteroatoms. The Morgan fingerprint density at radius 2 is 1.94 bits per heavy atom. The molecule has 0 bridgehead atoms. The van der Waals surface area contributed by atoms with Gasteiger partial charge in [0.15, 0.2) is 17.5 Å². The van der Waals surface area contributed by atoms with Crippen LogP contribution in [0.1, 0.15) is 11.4 Å². The number of pyridine rings is 1. The Labute approximate surface area is 211 Å². The summed E-state index contributed by atoms with van der Waals surface area (Å²) in [5.41, 5.74) is 1.21. The van der Waals surface area contributed by atoms with Gasteiger partial charge in [0, 0.05) is 19.4 Å². The molecule has 0 saturated carbocycles. The zero-order chi connectivity index (χ0) is 26.1. The number of nitrogens with one attached hydrogen (secondary N) is 2. The molecule has 0 radical (unpaired) electrons. The maximum atomic E-state index is 13.2. The van der Waals surface area contributed by atoms with Gasteiger partial charge in [-0.3, -0.25) is 4.57 Å². The molecule has 2 N–H and O–H groups in total. The summed E-state index contributed by atoms with van der Waals surface area (Å²) in [7, 11) is -3.06. The topological polar surface area (TPSA) is 137 Å². The Morgan fingerprint density at radius 3 is 2.61 bits per heavy atom. The van der Waals surface area contributed by atoms with Crippen LogP contribution in [-0.4, -0.2) is 40.4 Å². The van der Waals surface area contributed by atoms with Gasteiger partial charge in [0.2, 0.25) is 0 Å². The standard InChI is InChI=1S/C19H14Cl2F3N7O4S/c1-34-9-16-27-28-18(31(16)15-4-5-35-29-15)17-14(6-10(20)8-25-17)26-30-36(32,33)11-2-3-13(21)12(7-11)19(22,23)24/h2-8,26,30H,9H2,1H3. The van der Waals surface area contributed by atoms with Crippen LogP contribution in [0.2, 0.25) is 10.0 Å². The van der Waals surface area contributed by atoms with Crippen molar-refractivity contribution >= 4 is 38.9 Å². The molecule has 4 rings (SSSR count). The normalized spacial score (nSPS) is 12.2. The van der Waals surface area contributed by atoms with E-state index in [4.69, 9.17) is 32.5 Å². The van der Waals surface area contributed by atoms with Crippen molar-refractivity contribution in [2.24, 2.45) is 0 Å². The van der Waals surface area contributed by atoms with Crippen molar-refractivity contribution in [1.82, 2.24) is 29.7 Å². The van der Waals surface area contributed by atoms with Crippen molar-refractivity contribution in [2.75, 3.05) is 12.5 Å². The fourth-order valence-electron chi connectivity index (χ4n) is 3.04. The minimum Gasteiger partial charge on any atom is -0.377 e. The third kappa shape index (κ3) is 5.29. The van der Waals surface area contributed by atoms with Gasteiger partial charge in [-0.1, -0.05) is 28.4 Å². The van der Waals surface area contributed by atoms with Gasteiger partial charge in [-0.15, -0.1) is 15.0 Å². The third-order valence-corrected chi connectivity index (χ3v) is 6.38. The van der Waals surface area contributed by atoms with Gasteiger partial charge in [0.05, 0.1) is 26.2 Å². The number of hydrogen-bond donors (Lipinski definition) is 2. The molecular weight excluding hydrogens is 550 g/mol. The number of hydrazine groups is 1. The molecule has 3 heterocycles. The van der Waals surface area contributed by atoms with Crippen LogP contribution >= 0.6 is 23.2 Å². The Bertz CT molecular complexity index is 1500. The number of alkyl halides is 3. The van der Waals surface area contributed by atoms with E-state index in [9.17, 15) is 21.6 Å². The molecule has 4 aromatic rings. The van der Waals surface area contributed by atoms with Gasteiger partial charge in [-0.2, -0.15) is 13.2 Å². The Balaban J connectivity index is 1.71. The molecule has 0 amide bonds. The summed E-state index contributed by atoms with van der Waals surface area (Å²) in [6.07, 6.45) is -2.26. The average molecular weight is 564 g/mol. The van der Waals surface area contributed by atoms with E-state index in [1.54, 1.807) is 0 Å². The number of halogens is 5. The molecule has 0 fully saturated rings. The molecule has 0 saturated heterocycles. The number of methoxy groups -OCH3 is 1. The molecule has 36 heavy (non-hydrogen) atoms. The van der Waals surface area contributed by atoms with Gasteiger partial charge in [-0.25, -0.2) is 13.4 Å². The predicted octanol–water partition coefficient (Wildman–Crippen LogP) is 4.09. The quantitative estimate of drug-likeness (QED) is 0.303. The summed E-state index contributed by atoms with van der Waals surface area (Å²) < 4.78 is 76.6. The fourth-order valence-corrected chi connectivity index (χ4v) is 4.30. The zero-order valence-electron chi connectivity index (χ0n) is 17.9. The van der Waals surface area contributed by atoms with E-state index in [0.29, 0.717) is 11.9 Å². The number of anilines is 1. The zero-order valence-corrected chi connectivity index (χ0v) is 20.2. The summed E-state index contributed by atoms with van der Waals surface area (Å²) in [5, 5.41) is 11.5. The number of sulfonamides is 1. The van der Waals surface area contributed by atoms with Gasteiger partial charge in [0.25, 0.3) is 10.0 Å². The first-order valence-corrected chi connectivity index (χ1v) is 11.9. The molecule has 0 atom stereocenters. The van der Waals surface area contributed by atoms with Crippen molar-refractivity contribution < 1.29 is 30.8 Å². The van der Waals surface area contributed by atoms with Crippen molar-refractivity contribution in [3.63, 3.8) is 0 Å². The first-order valence-electron chi connectivity index (χ1n) is 9.65. The van der Waals surface area contributed by atoms with E-state index in [1.807, 2.05) is 4.83 Å². The molecule has 3 aromatic heterocycles. The molecule has 0 aliphatic heterocycles. The number of hydrogen-bond acceptors (Lipinski definition) is 9. The highest BCUT2D eigenvalue weighted by molar-refractivity contribution is 7.89. The monoisotopic (exact) mass is 563 g/mol. The summed E-state index contributed by atoms with van der Waals surface area (Å²) in [4.78, 5) is 5.53. The van der Waals surface area contributed by atoms with Gasteiger partial charge in [-0.05, 0) is 24.3 Å². The summed E-state index contributed by atoms with van der Waals surface area (Å²) in [5.74, 6) is 0.719. The molecule has 0 unspecified atom stereocenters. The maximum absolute atomic E-state index is 13.2. The van der Waals surface area contributed by atoms with Crippen LogP contribution in [0.3, 0.4) is 0 Å². The molecular formula is C19H14Cl2F3N7O4S. The van der Waals surface area contributed by atoms with Crippen molar-refractivity contribution in [1.29, 1.82) is 0 Å². The van der Waals surface area contributed by atoms with E-state index in [2.05, 4.69) is 25.8 Å². The van der Waals surface area contributed by atoms with Gasteiger partial charge >= 0.3 is 6.18 Å². The average Bonchev–Trinajstić information content (AvgIpc) is 3.47. The second-order valence-electron chi connectivity index (χ2n) is 6.99. The lowest BCUT2D eigenvalue weighted by Gasteiger charge is -2.15. The number of aromatic nitrogens is 5. The molecule has 0 aliphatic carbocycles. The second-order valence-corrected chi connectivity index (χ2v) is 9.51. The van der Waals surface area contributed by atoms with Gasteiger partial charge in [0.1, 0.15) is 18.6 Å². The summed E-state index contributed by atoms with van der Waals surface area (Å²) in [6.45, 7) is 0.0426. The fraction of sp³-hybridized carbons (Fsp3) is 0.158. The highest BCUT2D eigenvalue weighted by Gasteiger charge is 2.34. The number of rotatable bonds is 8. The lowest BCUT2D eigenvalue weighted by Crippen LogP contribution is -2.30. The Kier molecular flexibility index (Phi) is 7.19. The number of benzene rings is 1. The van der Waals surface area contributed by atoms with E-state index in [-0.39, 0.29) is 34.7 Å². The predicted molar refractivity (Wildman–Crippen MR) is 121 cm³/mol. The lowest BCUT2D eigenvalue weighted by atomic mass is 10.2. The maximum Gasteiger partial charge on any atom is 0.417 e. The van der Waals surface area contributed by atoms with E-state index in [0.717, 1.165) is 12.1 Å². The molecule has 0 spiro atoms. The summed E-state index contributed by atoms with van der Waals surface area (Å²) in [6, 6.07) is 5.03. The van der Waals surface area contributed by atoms with E-state index < -0.39 is 31.7 Å². The van der Waals surface area contributed by atoms with E-state index >= 15 is 0 Å². The minimum absolute atomic E-state index is 0.0113. The number of nitrogens with zero attached hydrogens (tertiary/aromatic N) is 5. The number of ether oxygens (including phenoxy) is 1. The van der Waals surface area contributed by atoms with Crippen LogP contribution < -0.4 is 10.3 Å². The van der Waals surface area contributed by atoms with Crippen molar-refractivity contribution in [2.45, 2.75) is 17.7 Å². The van der Waals surface area contributed by atoms with Crippen molar-refractivity contribution in [3.05, 3.63) is 64.2 Å². The van der Waals surface area contributed by atoms with Crippen molar-refractivity contribution in [3.8, 4) is 17.3 Å². The molecule has 0 aliphatic rings. The highest BCUT2D eigenvalue weighted by Crippen LogP contribution is 2.36. The first kappa shape index (κ1) is 25.8. The van der Waals surface area contributed by atoms with Crippen LogP contribution in [0.25, 0.3) is 17.3 Å². The van der Waals surface area contributed by atoms with Crippen LogP contribution in [0.5, 0.6) is 0 Å². The van der Waals surface area contributed by atoms with E-state index in [1.165, 1.54) is 36.3 Å². The first-order chi connectivity index (χ1) is 17.0. The van der Waals surface area contributed by atoms with Crippen LogP contribution in [0.15, 0.2) is 52.2 Å². The second kappa shape index (κ2) is 10.0. The third-order valence-electron chi connectivity index (χ3n) is 4.60. The van der Waals surface area contributed by atoms with Crippen LogP contribution in [0.4, 0.5) is 18.9 Å². The van der Waals surface area contributed by atoms with Crippen LogP contribution in [0, 0.1) is 0 Å². The van der Waals surface area contributed by atoms with Gasteiger partial charge < -0.3 is 14.7 Å². The largest absolute Gasteiger partial charge is 0.417 e. The Hall–Kier alpha value is -3.24.